The summed E-state index contributed by atoms with van der Waals surface area (Å²) in [6.45, 7) is 3.10. The molecule has 0 spiro atoms. The molecule has 134 valence electrons. The van der Waals surface area contributed by atoms with Gasteiger partial charge in [0.05, 0.1) is 6.07 Å². The molecule has 0 bridgehead atoms. The number of esters is 1. The number of aryl methyl sites for hydroxylation is 1. The molecule has 1 atom stereocenters. The summed E-state index contributed by atoms with van der Waals surface area (Å²) in [5.74, 6) is -0.476. The Morgan fingerprint density at radius 3 is 2.60 bits per heavy atom. The molecule has 6 heteroatoms. The van der Waals surface area contributed by atoms with E-state index in [4.69, 9.17) is 9.47 Å². The lowest BCUT2D eigenvalue weighted by molar-refractivity contribution is -0.157. The van der Waals surface area contributed by atoms with Gasteiger partial charge in [-0.1, -0.05) is 37.5 Å². The van der Waals surface area contributed by atoms with E-state index in [1.807, 2.05) is 25.1 Å². The van der Waals surface area contributed by atoms with Gasteiger partial charge in [0.1, 0.15) is 11.3 Å². The SMILES string of the molecule is Cc1ccccc1OCC(=O)O[C@H](C)C(=O)NC1(C#N)CCCCC1. The quantitative estimate of drug-likeness (QED) is 0.802. The summed E-state index contributed by atoms with van der Waals surface area (Å²) in [4.78, 5) is 24.2. The summed E-state index contributed by atoms with van der Waals surface area (Å²) in [5, 5.41) is 12.1. The lowest BCUT2D eigenvalue weighted by Gasteiger charge is -2.32. The van der Waals surface area contributed by atoms with Crippen LogP contribution < -0.4 is 10.1 Å². The minimum atomic E-state index is -0.972. The Balaban J connectivity index is 1.83. The topological polar surface area (TPSA) is 88.4 Å². The molecule has 25 heavy (non-hydrogen) atoms. The van der Waals surface area contributed by atoms with Crippen molar-refractivity contribution in [2.45, 2.75) is 57.6 Å². The summed E-state index contributed by atoms with van der Waals surface area (Å²) >= 11 is 0. The Bertz CT molecular complexity index is 660. The van der Waals surface area contributed by atoms with E-state index in [1.54, 1.807) is 6.07 Å². The molecule has 0 aromatic heterocycles. The normalized spacial score (nSPS) is 17.0. The summed E-state index contributed by atoms with van der Waals surface area (Å²) in [6, 6.07) is 9.54. The van der Waals surface area contributed by atoms with Crippen molar-refractivity contribution < 1.29 is 19.1 Å². The first-order valence-corrected chi connectivity index (χ1v) is 8.57. The Kier molecular flexibility index (Phi) is 6.40. The van der Waals surface area contributed by atoms with Crippen molar-refractivity contribution in [3.05, 3.63) is 29.8 Å². The predicted octanol–water partition coefficient (Wildman–Crippen LogP) is 2.65. The first-order valence-electron chi connectivity index (χ1n) is 8.57. The summed E-state index contributed by atoms with van der Waals surface area (Å²) < 4.78 is 10.5. The Morgan fingerprint density at radius 2 is 1.96 bits per heavy atom. The second kappa shape index (κ2) is 8.52. The van der Waals surface area contributed by atoms with Crippen LogP contribution in [-0.2, 0) is 14.3 Å². The fraction of sp³-hybridized carbons (Fsp3) is 0.526. The van der Waals surface area contributed by atoms with Crippen LogP contribution in [0.2, 0.25) is 0 Å². The fourth-order valence-electron chi connectivity index (χ4n) is 2.90. The van der Waals surface area contributed by atoms with Crippen LogP contribution in [0.1, 0.15) is 44.6 Å². The van der Waals surface area contributed by atoms with Gasteiger partial charge in [0, 0.05) is 0 Å². The monoisotopic (exact) mass is 344 g/mol. The first kappa shape index (κ1) is 18.8. The van der Waals surface area contributed by atoms with Crippen molar-refractivity contribution in [3.63, 3.8) is 0 Å². The minimum absolute atomic E-state index is 0.272. The molecule has 1 aliphatic rings. The highest BCUT2D eigenvalue weighted by Crippen LogP contribution is 2.27. The van der Waals surface area contributed by atoms with Crippen LogP contribution in [0.3, 0.4) is 0 Å². The molecule has 0 radical (unpaired) electrons. The Hall–Kier alpha value is -2.55. The zero-order chi connectivity index (χ0) is 18.3. The van der Waals surface area contributed by atoms with Gasteiger partial charge in [-0.2, -0.15) is 5.26 Å². The molecule has 0 unspecified atom stereocenters. The molecule has 0 heterocycles. The third-order valence-corrected chi connectivity index (χ3v) is 4.40. The second-order valence-corrected chi connectivity index (χ2v) is 6.43. The zero-order valence-corrected chi connectivity index (χ0v) is 14.7. The van der Waals surface area contributed by atoms with E-state index >= 15 is 0 Å². The molecule has 1 N–H and O–H groups in total. The molecule has 0 aliphatic heterocycles. The van der Waals surface area contributed by atoms with Crippen LogP contribution in [0, 0.1) is 18.3 Å². The highest BCUT2D eigenvalue weighted by Gasteiger charge is 2.35. The smallest absolute Gasteiger partial charge is 0.344 e. The van der Waals surface area contributed by atoms with Gasteiger partial charge in [0.15, 0.2) is 12.7 Å². The number of para-hydroxylation sites is 1. The van der Waals surface area contributed by atoms with E-state index in [1.165, 1.54) is 6.92 Å². The minimum Gasteiger partial charge on any atom is -0.482 e. The van der Waals surface area contributed by atoms with Gasteiger partial charge in [-0.3, -0.25) is 4.79 Å². The van der Waals surface area contributed by atoms with Crippen LogP contribution in [0.15, 0.2) is 24.3 Å². The summed E-state index contributed by atoms with van der Waals surface area (Å²) in [5.41, 5.74) is 0.0718. The predicted molar refractivity (Wildman–Crippen MR) is 91.8 cm³/mol. The van der Waals surface area contributed by atoms with Crippen molar-refractivity contribution in [2.75, 3.05) is 6.61 Å². The van der Waals surface area contributed by atoms with Crippen LogP contribution in [0.4, 0.5) is 0 Å². The number of nitriles is 1. The second-order valence-electron chi connectivity index (χ2n) is 6.43. The number of carbonyl (C=O) groups is 2. The van der Waals surface area contributed by atoms with Gasteiger partial charge in [0.2, 0.25) is 0 Å². The molecule has 1 aromatic rings. The number of nitrogens with one attached hydrogen (secondary N) is 1. The lowest BCUT2D eigenvalue weighted by Crippen LogP contribution is -2.52. The van der Waals surface area contributed by atoms with Gasteiger partial charge in [-0.15, -0.1) is 0 Å². The van der Waals surface area contributed by atoms with Crippen molar-refractivity contribution in [2.24, 2.45) is 0 Å². The lowest BCUT2D eigenvalue weighted by atomic mass is 9.83. The number of ether oxygens (including phenoxy) is 2. The average Bonchev–Trinajstić information content (AvgIpc) is 2.61. The molecule has 1 aliphatic carbocycles. The number of hydrogen-bond acceptors (Lipinski definition) is 5. The highest BCUT2D eigenvalue weighted by atomic mass is 16.6. The molecule has 2 rings (SSSR count). The van der Waals surface area contributed by atoms with Crippen molar-refractivity contribution >= 4 is 11.9 Å². The van der Waals surface area contributed by atoms with Gasteiger partial charge in [-0.25, -0.2) is 4.79 Å². The standard InChI is InChI=1S/C19H24N2O4/c1-14-8-4-5-9-16(14)24-12-17(22)25-15(2)18(23)21-19(13-20)10-6-3-7-11-19/h4-5,8-9,15H,3,6-7,10-12H2,1-2H3,(H,21,23)/t15-/m1/s1. The maximum atomic E-state index is 12.3. The van der Waals surface area contributed by atoms with Crippen LogP contribution >= 0.6 is 0 Å². The van der Waals surface area contributed by atoms with Gasteiger partial charge in [-0.05, 0) is 38.3 Å². The molecule has 6 nitrogen and oxygen atoms in total. The first-order chi connectivity index (χ1) is 12.0. The van der Waals surface area contributed by atoms with Crippen LogP contribution in [0.5, 0.6) is 5.75 Å². The summed E-state index contributed by atoms with van der Waals surface area (Å²) in [7, 11) is 0. The third kappa shape index (κ3) is 5.21. The molecular formula is C19H24N2O4. The number of rotatable bonds is 6. The van der Waals surface area contributed by atoms with E-state index in [-0.39, 0.29) is 6.61 Å². The van der Waals surface area contributed by atoms with Gasteiger partial charge >= 0.3 is 5.97 Å². The van der Waals surface area contributed by atoms with E-state index < -0.39 is 23.5 Å². The largest absolute Gasteiger partial charge is 0.482 e. The van der Waals surface area contributed by atoms with E-state index in [2.05, 4.69) is 11.4 Å². The van der Waals surface area contributed by atoms with Gasteiger partial charge in [0.25, 0.3) is 5.91 Å². The fourth-order valence-corrected chi connectivity index (χ4v) is 2.90. The Labute approximate surface area is 148 Å². The number of benzene rings is 1. The van der Waals surface area contributed by atoms with E-state index in [0.29, 0.717) is 18.6 Å². The van der Waals surface area contributed by atoms with Crippen LogP contribution in [-0.4, -0.2) is 30.1 Å². The van der Waals surface area contributed by atoms with Crippen LogP contribution in [0.25, 0.3) is 0 Å². The van der Waals surface area contributed by atoms with E-state index in [0.717, 1.165) is 24.8 Å². The zero-order valence-electron chi connectivity index (χ0n) is 14.7. The molecule has 0 saturated heterocycles. The highest BCUT2D eigenvalue weighted by molar-refractivity contribution is 5.84. The maximum absolute atomic E-state index is 12.3. The molecule has 1 fully saturated rings. The summed E-state index contributed by atoms with van der Waals surface area (Å²) in [6.07, 6.45) is 3.18. The van der Waals surface area contributed by atoms with Crippen molar-refractivity contribution in [3.8, 4) is 11.8 Å². The molecule has 1 saturated carbocycles. The number of amides is 1. The molecule has 1 amide bonds. The van der Waals surface area contributed by atoms with Gasteiger partial charge < -0.3 is 14.8 Å². The van der Waals surface area contributed by atoms with Crippen molar-refractivity contribution in [1.82, 2.24) is 5.32 Å². The number of nitrogens with zero attached hydrogens (tertiary/aromatic N) is 1. The number of hydrogen-bond donors (Lipinski definition) is 1. The molecular weight excluding hydrogens is 320 g/mol. The van der Waals surface area contributed by atoms with Crippen molar-refractivity contribution in [1.29, 1.82) is 5.26 Å². The van der Waals surface area contributed by atoms with E-state index in [9.17, 15) is 14.9 Å². The third-order valence-electron chi connectivity index (χ3n) is 4.40. The molecule has 1 aromatic carbocycles. The average molecular weight is 344 g/mol. The maximum Gasteiger partial charge on any atom is 0.344 e. The number of carbonyl (C=O) groups excluding carboxylic acids is 2. The Morgan fingerprint density at radius 1 is 1.28 bits per heavy atom.